The second-order valence-corrected chi connectivity index (χ2v) is 4.32. The minimum absolute atomic E-state index is 0.291. The lowest BCUT2D eigenvalue weighted by Crippen LogP contribution is -2.14. The van der Waals surface area contributed by atoms with Gasteiger partial charge in [0.15, 0.2) is 5.84 Å². The van der Waals surface area contributed by atoms with Crippen molar-refractivity contribution in [3.63, 3.8) is 0 Å². The number of halogens is 1. The number of rotatable bonds is 3. The Morgan fingerprint density at radius 2 is 1.94 bits per heavy atom. The van der Waals surface area contributed by atoms with E-state index in [-0.39, 0.29) is 0 Å². The maximum absolute atomic E-state index is 5.76. The Morgan fingerprint density at radius 3 is 2.67 bits per heavy atom. The molecule has 0 saturated carbocycles. The van der Waals surface area contributed by atoms with Gasteiger partial charge in [-0.05, 0) is 18.2 Å². The Kier molecular flexibility index (Phi) is 4.20. The lowest BCUT2D eigenvalue weighted by Gasteiger charge is -1.96. The first-order chi connectivity index (χ1) is 8.77. The highest BCUT2D eigenvalue weighted by Gasteiger charge is 1.97. The zero-order chi connectivity index (χ0) is 12.8. The molecule has 0 aliphatic rings. The first-order valence-electron chi connectivity index (χ1n) is 5.30. The highest BCUT2D eigenvalue weighted by Crippen LogP contribution is 2.13. The highest BCUT2D eigenvalue weighted by molar-refractivity contribution is 9.10. The summed E-state index contributed by atoms with van der Waals surface area (Å²) in [5.74, 6) is 0.291. The molecule has 4 nitrogen and oxygen atoms in total. The average molecular weight is 303 g/mol. The molecule has 90 valence electrons. The minimum atomic E-state index is 0.291. The van der Waals surface area contributed by atoms with E-state index in [0.717, 1.165) is 10.0 Å². The summed E-state index contributed by atoms with van der Waals surface area (Å²) in [6, 6.07) is 13.2. The maximum atomic E-state index is 5.76. The van der Waals surface area contributed by atoms with Gasteiger partial charge in [0.25, 0.3) is 0 Å². The van der Waals surface area contributed by atoms with Crippen LogP contribution in [0.25, 0.3) is 0 Å². The number of pyridine rings is 1. The number of benzene rings is 1. The molecule has 0 unspecified atom stereocenters. The Hall–Kier alpha value is -2.01. The normalized spacial score (nSPS) is 11.9. The molecule has 2 N–H and O–H groups in total. The van der Waals surface area contributed by atoms with Gasteiger partial charge in [-0.2, -0.15) is 5.10 Å². The highest BCUT2D eigenvalue weighted by atomic mass is 79.9. The van der Waals surface area contributed by atoms with Crippen molar-refractivity contribution in [3.8, 4) is 0 Å². The van der Waals surface area contributed by atoms with Crippen LogP contribution in [-0.2, 0) is 0 Å². The van der Waals surface area contributed by atoms with Crippen molar-refractivity contribution in [2.75, 3.05) is 0 Å². The van der Waals surface area contributed by atoms with Crippen LogP contribution in [0, 0.1) is 0 Å². The van der Waals surface area contributed by atoms with Crippen molar-refractivity contribution in [2.45, 2.75) is 0 Å². The van der Waals surface area contributed by atoms with Gasteiger partial charge in [-0.1, -0.05) is 40.2 Å². The zero-order valence-electron chi connectivity index (χ0n) is 9.49. The summed E-state index contributed by atoms with van der Waals surface area (Å²) in [5, 5.41) is 7.86. The predicted octanol–water partition coefficient (Wildman–Crippen LogP) is 2.58. The van der Waals surface area contributed by atoms with E-state index >= 15 is 0 Å². The molecule has 1 aromatic carbocycles. The van der Waals surface area contributed by atoms with Crippen molar-refractivity contribution < 1.29 is 0 Å². The molecule has 0 amide bonds. The first kappa shape index (κ1) is 12.4. The van der Waals surface area contributed by atoms with Crippen molar-refractivity contribution >= 4 is 28.0 Å². The van der Waals surface area contributed by atoms with Gasteiger partial charge in [0, 0.05) is 16.2 Å². The molecule has 0 aliphatic carbocycles. The molecule has 0 saturated heterocycles. The van der Waals surface area contributed by atoms with Crippen LogP contribution in [0.4, 0.5) is 0 Å². The molecule has 0 bridgehead atoms. The molecule has 2 aromatic rings. The summed E-state index contributed by atoms with van der Waals surface area (Å²) < 4.78 is 0.959. The summed E-state index contributed by atoms with van der Waals surface area (Å²) >= 11 is 3.43. The minimum Gasteiger partial charge on any atom is -0.380 e. The van der Waals surface area contributed by atoms with E-state index in [4.69, 9.17) is 5.73 Å². The van der Waals surface area contributed by atoms with Crippen LogP contribution in [0.15, 0.2) is 63.3 Å². The SMILES string of the molecule is NC(=N/N=C\c1ccccc1Br)c1ccccn1. The van der Waals surface area contributed by atoms with Gasteiger partial charge in [0.2, 0.25) is 0 Å². The molecule has 1 heterocycles. The van der Waals surface area contributed by atoms with Crippen LogP contribution in [0.3, 0.4) is 0 Å². The fourth-order valence-electron chi connectivity index (χ4n) is 1.30. The molecule has 5 heteroatoms. The Bertz CT molecular complexity index is 579. The van der Waals surface area contributed by atoms with Gasteiger partial charge in [-0.25, -0.2) is 0 Å². The molecule has 0 spiro atoms. The standard InChI is InChI=1S/C13H11BrN4/c14-11-6-2-1-5-10(11)9-17-18-13(15)12-7-3-4-8-16-12/h1-9H,(H2,15,18)/b17-9-. The lowest BCUT2D eigenvalue weighted by atomic mass is 10.2. The van der Waals surface area contributed by atoms with Crippen molar-refractivity contribution in [3.05, 3.63) is 64.4 Å². The van der Waals surface area contributed by atoms with Crippen LogP contribution in [0.2, 0.25) is 0 Å². The second-order valence-electron chi connectivity index (χ2n) is 3.47. The van der Waals surface area contributed by atoms with E-state index in [1.165, 1.54) is 0 Å². The van der Waals surface area contributed by atoms with Gasteiger partial charge in [0.1, 0.15) is 5.69 Å². The number of aromatic nitrogens is 1. The van der Waals surface area contributed by atoms with Gasteiger partial charge in [0.05, 0.1) is 6.21 Å². The van der Waals surface area contributed by atoms with E-state index in [1.54, 1.807) is 18.5 Å². The molecular weight excluding hydrogens is 292 g/mol. The van der Waals surface area contributed by atoms with E-state index < -0.39 is 0 Å². The van der Waals surface area contributed by atoms with Gasteiger partial charge in [-0.3, -0.25) is 4.98 Å². The third kappa shape index (κ3) is 3.24. The number of hydrogen-bond acceptors (Lipinski definition) is 3. The Morgan fingerprint density at radius 1 is 1.17 bits per heavy atom. The third-order valence-electron chi connectivity index (χ3n) is 2.19. The second kappa shape index (κ2) is 6.07. The van der Waals surface area contributed by atoms with Crippen LogP contribution in [-0.4, -0.2) is 17.0 Å². The summed E-state index contributed by atoms with van der Waals surface area (Å²) in [5.41, 5.74) is 7.31. The predicted molar refractivity (Wildman–Crippen MR) is 76.7 cm³/mol. The van der Waals surface area contributed by atoms with Crippen LogP contribution >= 0.6 is 15.9 Å². The Balaban J connectivity index is 2.14. The van der Waals surface area contributed by atoms with E-state index in [1.807, 2.05) is 36.4 Å². The number of hydrogen-bond donors (Lipinski definition) is 1. The van der Waals surface area contributed by atoms with Crippen LogP contribution in [0.1, 0.15) is 11.3 Å². The zero-order valence-corrected chi connectivity index (χ0v) is 11.1. The molecule has 2 rings (SSSR count). The van der Waals surface area contributed by atoms with E-state index in [9.17, 15) is 0 Å². The van der Waals surface area contributed by atoms with Crippen molar-refractivity contribution in [2.24, 2.45) is 15.9 Å². The molecular formula is C13H11BrN4. The quantitative estimate of drug-likeness (QED) is 0.538. The monoisotopic (exact) mass is 302 g/mol. The van der Waals surface area contributed by atoms with Gasteiger partial charge >= 0.3 is 0 Å². The average Bonchev–Trinajstić information content (AvgIpc) is 2.42. The molecule has 0 atom stereocenters. The van der Waals surface area contributed by atoms with Crippen LogP contribution < -0.4 is 5.73 Å². The molecule has 1 aromatic heterocycles. The molecule has 0 radical (unpaired) electrons. The van der Waals surface area contributed by atoms with Gasteiger partial charge in [-0.15, -0.1) is 5.10 Å². The fourth-order valence-corrected chi connectivity index (χ4v) is 1.69. The number of nitrogens with two attached hydrogens (primary N) is 1. The van der Waals surface area contributed by atoms with Crippen molar-refractivity contribution in [1.29, 1.82) is 0 Å². The smallest absolute Gasteiger partial charge is 0.171 e. The summed E-state index contributed by atoms with van der Waals surface area (Å²) in [4.78, 5) is 4.08. The Labute approximate surface area is 113 Å². The largest absolute Gasteiger partial charge is 0.380 e. The molecule has 0 fully saturated rings. The summed E-state index contributed by atoms with van der Waals surface area (Å²) in [6.45, 7) is 0. The van der Waals surface area contributed by atoms with E-state index in [2.05, 4.69) is 31.1 Å². The van der Waals surface area contributed by atoms with Gasteiger partial charge < -0.3 is 5.73 Å². The lowest BCUT2D eigenvalue weighted by molar-refractivity contribution is 1.19. The summed E-state index contributed by atoms with van der Waals surface area (Å²) in [7, 11) is 0. The summed E-state index contributed by atoms with van der Waals surface area (Å²) in [6.07, 6.45) is 3.30. The van der Waals surface area contributed by atoms with Crippen molar-refractivity contribution in [1.82, 2.24) is 4.98 Å². The van der Waals surface area contributed by atoms with Crippen LogP contribution in [0.5, 0.6) is 0 Å². The number of amidine groups is 1. The molecule has 0 aliphatic heterocycles. The topological polar surface area (TPSA) is 63.6 Å². The third-order valence-corrected chi connectivity index (χ3v) is 2.92. The number of nitrogens with zero attached hydrogens (tertiary/aromatic N) is 3. The first-order valence-corrected chi connectivity index (χ1v) is 6.09. The molecule has 18 heavy (non-hydrogen) atoms. The van der Waals surface area contributed by atoms with E-state index in [0.29, 0.717) is 11.5 Å². The fraction of sp³-hybridized carbons (Fsp3) is 0. The maximum Gasteiger partial charge on any atom is 0.171 e.